The summed E-state index contributed by atoms with van der Waals surface area (Å²) in [6, 6.07) is 10.2. The molecule has 0 saturated heterocycles. The average Bonchev–Trinajstić information content (AvgIpc) is 2.31. The molecule has 1 aromatic carbocycles. The standard InChI is InChI=1S/C8H11N.C5H11NO2/c1-7(9)8-5-3-2-4-6-8;1-5(2)3-4-8-6-7/h2-7H,9H2,1H3;5H,3-4H2,1-2H3. The van der Waals surface area contributed by atoms with Gasteiger partial charge in [-0.3, -0.25) is 0 Å². The summed E-state index contributed by atoms with van der Waals surface area (Å²) in [6.45, 7) is 6.55. The molecule has 1 rings (SSSR count). The average molecular weight is 238 g/mol. The van der Waals surface area contributed by atoms with Gasteiger partial charge in [-0.15, -0.1) is 4.91 Å². The summed E-state index contributed by atoms with van der Waals surface area (Å²) in [6.07, 6.45) is 0.895. The number of nitrogens with two attached hydrogens (primary N) is 1. The Morgan fingerprint density at radius 3 is 2.18 bits per heavy atom. The maximum absolute atomic E-state index is 9.31. The molecule has 0 aromatic heterocycles. The fourth-order valence-electron chi connectivity index (χ4n) is 1.08. The Morgan fingerprint density at radius 2 is 1.82 bits per heavy atom. The minimum absolute atomic E-state index is 0.159. The number of rotatable bonds is 5. The molecule has 4 nitrogen and oxygen atoms in total. The highest BCUT2D eigenvalue weighted by Gasteiger charge is 1.93. The zero-order valence-electron chi connectivity index (χ0n) is 10.8. The van der Waals surface area contributed by atoms with Crippen LogP contribution in [0.3, 0.4) is 0 Å². The van der Waals surface area contributed by atoms with Crippen molar-refractivity contribution < 1.29 is 4.84 Å². The Labute approximate surface area is 103 Å². The molecular formula is C13H22N2O2. The number of nitrogens with zero attached hydrogens (tertiary/aromatic N) is 1. The molecule has 0 fully saturated rings. The molecule has 1 aromatic rings. The quantitative estimate of drug-likeness (QED) is 0.485. The molecule has 0 bridgehead atoms. The molecule has 2 N–H and O–H groups in total. The lowest BCUT2D eigenvalue weighted by Crippen LogP contribution is -2.03. The van der Waals surface area contributed by atoms with Crippen LogP contribution in [0.4, 0.5) is 0 Å². The number of hydrogen-bond donors (Lipinski definition) is 1. The van der Waals surface area contributed by atoms with Crippen LogP contribution in [0.25, 0.3) is 0 Å². The Bertz CT molecular complexity index is 287. The third-order valence-corrected chi connectivity index (χ3v) is 2.16. The Hall–Kier alpha value is -1.42. The minimum atomic E-state index is 0.159. The Kier molecular flexibility index (Phi) is 8.96. The highest BCUT2D eigenvalue weighted by Crippen LogP contribution is 2.06. The number of benzene rings is 1. The third kappa shape index (κ3) is 9.51. The van der Waals surface area contributed by atoms with E-state index in [0.29, 0.717) is 12.5 Å². The molecule has 96 valence electrons. The van der Waals surface area contributed by atoms with E-state index >= 15 is 0 Å². The SMILES string of the molecule is CC(C)CCON=O.CC(N)c1ccccc1. The van der Waals surface area contributed by atoms with Crippen LogP contribution in [0.1, 0.15) is 38.8 Å². The first-order chi connectivity index (χ1) is 8.07. The molecule has 0 saturated carbocycles. The molecule has 1 unspecified atom stereocenters. The zero-order chi connectivity index (χ0) is 13.1. The van der Waals surface area contributed by atoms with Gasteiger partial charge in [0.1, 0.15) is 6.61 Å². The first-order valence-electron chi connectivity index (χ1n) is 5.83. The van der Waals surface area contributed by atoms with E-state index in [4.69, 9.17) is 5.73 Å². The summed E-state index contributed by atoms with van der Waals surface area (Å²) >= 11 is 0. The first kappa shape index (κ1) is 15.6. The maximum Gasteiger partial charge on any atom is 0.155 e. The van der Waals surface area contributed by atoms with E-state index < -0.39 is 0 Å². The maximum atomic E-state index is 9.31. The number of hydrogen-bond acceptors (Lipinski definition) is 4. The molecule has 0 aliphatic carbocycles. The molecule has 0 aliphatic heterocycles. The van der Waals surface area contributed by atoms with Gasteiger partial charge in [-0.25, -0.2) is 0 Å². The van der Waals surface area contributed by atoms with Gasteiger partial charge in [-0.05, 0) is 24.8 Å². The smallest absolute Gasteiger partial charge is 0.155 e. The Balaban J connectivity index is 0.000000304. The van der Waals surface area contributed by atoms with E-state index in [0.717, 1.165) is 6.42 Å². The van der Waals surface area contributed by atoms with Gasteiger partial charge in [0, 0.05) is 6.04 Å². The van der Waals surface area contributed by atoms with Gasteiger partial charge in [0.25, 0.3) is 0 Å². The van der Waals surface area contributed by atoms with E-state index in [2.05, 4.69) is 24.0 Å². The highest BCUT2D eigenvalue weighted by molar-refractivity contribution is 5.17. The summed E-state index contributed by atoms with van der Waals surface area (Å²) in [5.41, 5.74) is 6.81. The van der Waals surface area contributed by atoms with Crippen LogP contribution >= 0.6 is 0 Å². The third-order valence-electron chi connectivity index (χ3n) is 2.16. The lowest BCUT2D eigenvalue weighted by Gasteiger charge is -2.02. The molecule has 1 atom stereocenters. The highest BCUT2D eigenvalue weighted by atomic mass is 16.7. The topological polar surface area (TPSA) is 64.7 Å². The van der Waals surface area contributed by atoms with Crippen molar-refractivity contribution in [3.8, 4) is 0 Å². The first-order valence-corrected chi connectivity index (χ1v) is 5.83. The molecule has 4 heteroatoms. The van der Waals surface area contributed by atoms with Crippen LogP contribution in [-0.2, 0) is 4.84 Å². The molecule has 0 aliphatic rings. The van der Waals surface area contributed by atoms with Crippen LogP contribution in [0.2, 0.25) is 0 Å². The van der Waals surface area contributed by atoms with Gasteiger partial charge in [-0.2, -0.15) is 0 Å². The summed E-state index contributed by atoms with van der Waals surface area (Å²) in [7, 11) is 0. The zero-order valence-corrected chi connectivity index (χ0v) is 10.8. The molecule has 17 heavy (non-hydrogen) atoms. The fraction of sp³-hybridized carbons (Fsp3) is 0.538. The van der Waals surface area contributed by atoms with Gasteiger partial charge >= 0.3 is 0 Å². The van der Waals surface area contributed by atoms with E-state index in [1.807, 2.05) is 37.3 Å². The van der Waals surface area contributed by atoms with Crippen molar-refractivity contribution in [1.82, 2.24) is 0 Å². The molecule has 0 spiro atoms. The largest absolute Gasteiger partial charge is 0.364 e. The van der Waals surface area contributed by atoms with Crippen molar-refractivity contribution in [3.05, 3.63) is 40.8 Å². The van der Waals surface area contributed by atoms with Crippen molar-refractivity contribution in [1.29, 1.82) is 0 Å². The second-order valence-corrected chi connectivity index (χ2v) is 4.29. The predicted molar refractivity (Wildman–Crippen MR) is 70.2 cm³/mol. The van der Waals surface area contributed by atoms with Gasteiger partial charge in [-0.1, -0.05) is 44.2 Å². The predicted octanol–water partition coefficient (Wildman–Crippen LogP) is 3.44. The van der Waals surface area contributed by atoms with Crippen LogP contribution in [0, 0.1) is 10.8 Å². The van der Waals surface area contributed by atoms with Crippen LogP contribution in [0.5, 0.6) is 0 Å². The van der Waals surface area contributed by atoms with Crippen molar-refractivity contribution in [2.45, 2.75) is 33.2 Å². The van der Waals surface area contributed by atoms with E-state index in [9.17, 15) is 4.91 Å². The van der Waals surface area contributed by atoms with E-state index in [1.54, 1.807) is 0 Å². The molecular weight excluding hydrogens is 216 g/mol. The molecule has 0 heterocycles. The summed E-state index contributed by atoms with van der Waals surface area (Å²) in [5.74, 6) is 0.580. The fourth-order valence-corrected chi connectivity index (χ4v) is 1.08. The summed E-state index contributed by atoms with van der Waals surface area (Å²) in [4.78, 5) is 13.5. The van der Waals surface area contributed by atoms with Crippen molar-refractivity contribution in [2.24, 2.45) is 17.0 Å². The van der Waals surface area contributed by atoms with Gasteiger partial charge in [0.2, 0.25) is 0 Å². The monoisotopic (exact) mass is 238 g/mol. The molecule has 0 radical (unpaired) electrons. The Morgan fingerprint density at radius 1 is 1.24 bits per heavy atom. The summed E-state index contributed by atoms with van der Waals surface area (Å²) in [5, 5.41) is 2.26. The lowest BCUT2D eigenvalue weighted by molar-refractivity contribution is 0.128. The van der Waals surface area contributed by atoms with E-state index in [-0.39, 0.29) is 6.04 Å². The van der Waals surface area contributed by atoms with Gasteiger partial charge in [0.15, 0.2) is 5.34 Å². The van der Waals surface area contributed by atoms with Gasteiger partial charge < -0.3 is 10.6 Å². The van der Waals surface area contributed by atoms with Crippen molar-refractivity contribution in [3.63, 3.8) is 0 Å². The van der Waals surface area contributed by atoms with Gasteiger partial charge in [0.05, 0.1) is 0 Å². The van der Waals surface area contributed by atoms with E-state index in [1.165, 1.54) is 5.56 Å². The van der Waals surface area contributed by atoms with Crippen LogP contribution in [0.15, 0.2) is 35.7 Å². The second kappa shape index (κ2) is 9.78. The minimum Gasteiger partial charge on any atom is -0.364 e. The lowest BCUT2D eigenvalue weighted by atomic mass is 10.1. The molecule has 0 amide bonds. The van der Waals surface area contributed by atoms with Crippen molar-refractivity contribution >= 4 is 0 Å². The van der Waals surface area contributed by atoms with Crippen LogP contribution in [-0.4, -0.2) is 6.61 Å². The van der Waals surface area contributed by atoms with Crippen LogP contribution < -0.4 is 5.73 Å². The van der Waals surface area contributed by atoms with Crippen molar-refractivity contribution in [2.75, 3.05) is 6.61 Å². The normalized spacial score (nSPS) is 11.4. The summed E-state index contributed by atoms with van der Waals surface area (Å²) < 4.78 is 0. The second-order valence-electron chi connectivity index (χ2n) is 4.29.